The highest BCUT2D eigenvalue weighted by atomic mass is 16.5. The number of aryl methyl sites for hydroxylation is 2. The van der Waals surface area contributed by atoms with Crippen LogP contribution >= 0.6 is 0 Å². The Balaban J connectivity index is 1.23. The van der Waals surface area contributed by atoms with E-state index in [2.05, 4.69) is 23.2 Å². The van der Waals surface area contributed by atoms with E-state index in [-0.39, 0.29) is 11.8 Å². The number of carbonyl (C=O) groups is 1. The third kappa shape index (κ3) is 6.92. The van der Waals surface area contributed by atoms with Crippen molar-refractivity contribution in [3.8, 4) is 23.0 Å². The van der Waals surface area contributed by atoms with Gasteiger partial charge >= 0.3 is 0 Å². The molecule has 0 unspecified atom stereocenters. The molecule has 0 atom stereocenters. The standard InChI is InChI=1S/C30H39N3O4/c1-5-35-27-12-11-23(19-28(27)36-6-2)13-16-31-29(34)24-14-17-33(18-15-24)20-26-22(4)37-30(32-26)25-10-8-7-9-21(25)3/h7-12,19,24H,5-6,13-18,20H2,1-4H3,(H,31,34). The molecule has 2 heterocycles. The number of ether oxygens (including phenoxy) is 2. The second kappa shape index (κ2) is 12.8. The lowest BCUT2D eigenvalue weighted by Gasteiger charge is -2.30. The molecule has 0 saturated carbocycles. The van der Waals surface area contributed by atoms with Crippen molar-refractivity contribution < 1.29 is 18.7 Å². The van der Waals surface area contributed by atoms with E-state index >= 15 is 0 Å². The fourth-order valence-corrected chi connectivity index (χ4v) is 4.79. The summed E-state index contributed by atoms with van der Waals surface area (Å²) < 4.78 is 17.3. The van der Waals surface area contributed by atoms with Crippen molar-refractivity contribution >= 4 is 5.91 Å². The summed E-state index contributed by atoms with van der Waals surface area (Å²) in [6.45, 7) is 12.3. The van der Waals surface area contributed by atoms with Gasteiger partial charge in [-0.15, -0.1) is 0 Å². The number of hydrogen-bond donors (Lipinski definition) is 1. The third-order valence-electron chi connectivity index (χ3n) is 6.92. The van der Waals surface area contributed by atoms with Crippen LogP contribution in [0.1, 0.15) is 49.3 Å². The number of nitrogens with zero attached hydrogens (tertiary/aromatic N) is 2. The van der Waals surface area contributed by atoms with Crippen molar-refractivity contribution in [3.63, 3.8) is 0 Å². The highest BCUT2D eigenvalue weighted by molar-refractivity contribution is 5.78. The molecule has 1 aliphatic rings. The van der Waals surface area contributed by atoms with Crippen LogP contribution in [0.3, 0.4) is 0 Å². The Morgan fingerprint density at radius 3 is 2.51 bits per heavy atom. The molecule has 0 spiro atoms. The Bertz CT molecular complexity index is 1180. The summed E-state index contributed by atoms with van der Waals surface area (Å²) in [7, 11) is 0. The van der Waals surface area contributed by atoms with Crippen LogP contribution < -0.4 is 14.8 Å². The molecule has 0 bridgehead atoms. The molecule has 1 fully saturated rings. The molecule has 198 valence electrons. The lowest BCUT2D eigenvalue weighted by molar-refractivity contribution is -0.126. The Labute approximate surface area is 220 Å². The number of nitrogens with one attached hydrogen (secondary N) is 1. The SMILES string of the molecule is CCOc1ccc(CCNC(=O)C2CCN(Cc3nc(-c4ccccc4C)oc3C)CC2)cc1OCC. The molecule has 3 aromatic rings. The number of amides is 1. The first kappa shape index (κ1) is 26.7. The molecule has 1 N–H and O–H groups in total. The van der Waals surface area contributed by atoms with Crippen molar-refractivity contribution in [2.24, 2.45) is 5.92 Å². The first-order valence-corrected chi connectivity index (χ1v) is 13.4. The fraction of sp³-hybridized carbons (Fsp3) is 0.467. The van der Waals surface area contributed by atoms with Gasteiger partial charge < -0.3 is 19.2 Å². The molecular formula is C30H39N3O4. The van der Waals surface area contributed by atoms with Crippen LogP contribution in [-0.4, -0.2) is 48.6 Å². The number of aromatic nitrogens is 1. The first-order chi connectivity index (χ1) is 18.0. The van der Waals surface area contributed by atoms with E-state index in [9.17, 15) is 4.79 Å². The molecule has 0 aliphatic carbocycles. The maximum atomic E-state index is 12.8. The molecule has 1 amide bonds. The van der Waals surface area contributed by atoms with Gasteiger partial charge in [-0.25, -0.2) is 4.98 Å². The summed E-state index contributed by atoms with van der Waals surface area (Å²) in [5.74, 6) is 3.26. The Kier molecular flexibility index (Phi) is 9.23. The molecule has 7 heteroatoms. The minimum absolute atomic E-state index is 0.0523. The van der Waals surface area contributed by atoms with Crippen LogP contribution in [0, 0.1) is 19.8 Å². The average Bonchev–Trinajstić information content (AvgIpc) is 3.26. The maximum Gasteiger partial charge on any atom is 0.226 e. The normalized spacial score (nSPS) is 14.5. The monoisotopic (exact) mass is 505 g/mol. The zero-order valence-electron chi connectivity index (χ0n) is 22.5. The predicted molar refractivity (Wildman–Crippen MR) is 145 cm³/mol. The smallest absolute Gasteiger partial charge is 0.226 e. The Morgan fingerprint density at radius 1 is 1.05 bits per heavy atom. The molecular weight excluding hydrogens is 466 g/mol. The average molecular weight is 506 g/mol. The predicted octanol–water partition coefficient (Wildman–Crippen LogP) is 5.33. The van der Waals surface area contributed by atoms with Gasteiger partial charge in [0.1, 0.15) is 5.76 Å². The molecule has 2 aromatic carbocycles. The van der Waals surface area contributed by atoms with E-state index in [4.69, 9.17) is 18.9 Å². The van der Waals surface area contributed by atoms with Gasteiger partial charge in [-0.1, -0.05) is 24.3 Å². The Morgan fingerprint density at radius 2 is 1.78 bits per heavy atom. The summed E-state index contributed by atoms with van der Waals surface area (Å²) in [4.78, 5) is 20.0. The first-order valence-electron chi connectivity index (χ1n) is 13.4. The maximum absolute atomic E-state index is 12.8. The summed E-state index contributed by atoms with van der Waals surface area (Å²) in [6, 6.07) is 14.1. The fourth-order valence-electron chi connectivity index (χ4n) is 4.79. The highest BCUT2D eigenvalue weighted by Gasteiger charge is 2.26. The van der Waals surface area contributed by atoms with Gasteiger partial charge in [0.25, 0.3) is 0 Å². The topological polar surface area (TPSA) is 76.8 Å². The lowest BCUT2D eigenvalue weighted by Crippen LogP contribution is -2.40. The molecule has 1 aromatic heterocycles. The second-order valence-corrected chi connectivity index (χ2v) is 9.58. The zero-order chi connectivity index (χ0) is 26.2. The summed E-state index contributed by atoms with van der Waals surface area (Å²) in [6.07, 6.45) is 2.46. The third-order valence-corrected chi connectivity index (χ3v) is 6.92. The van der Waals surface area contributed by atoms with Crippen LogP contribution in [0.4, 0.5) is 0 Å². The van der Waals surface area contributed by atoms with Crippen molar-refractivity contribution in [2.45, 2.75) is 53.5 Å². The molecule has 0 radical (unpaired) electrons. The van der Waals surface area contributed by atoms with Crippen LogP contribution in [0.15, 0.2) is 46.9 Å². The quantitative estimate of drug-likeness (QED) is 0.380. The van der Waals surface area contributed by atoms with E-state index in [0.717, 1.165) is 78.5 Å². The van der Waals surface area contributed by atoms with Crippen molar-refractivity contribution in [1.29, 1.82) is 0 Å². The van der Waals surface area contributed by atoms with E-state index in [0.29, 0.717) is 25.6 Å². The molecule has 1 aliphatic heterocycles. The number of benzene rings is 2. The number of carbonyl (C=O) groups excluding carboxylic acids is 1. The van der Waals surface area contributed by atoms with Gasteiger partial charge in [0.2, 0.25) is 11.8 Å². The molecule has 4 rings (SSSR count). The largest absolute Gasteiger partial charge is 0.490 e. The van der Waals surface area contributed by atoms with E-state index in [1.807, 2.05) is 57.2 Å². The number of hydrogen-bond acceptors (Lipinski definition) is 6. The zero-order valence-corrected chi connectivity index (χ0v) is 22.5. The van der Waals surface area contributed by atoms with Crippen LogP contribution in [0.25, 0.3) is 11.5 Å². The van der Waals surface area contributed by atoms with E-state index in [1.165, 1.54) is 0 Å². The summed E-state index contributed by atoms with van der Waals surface area (Å²) >= 11 is 0. The minimum Gasteiger partial charge on any atom is -0.490 e. The van der Waals surface area contributed by atoms with Gasteiger partial charge in [0.15, 0.2) is 11.5 Å². The van der Waals surface area contributed by atoms with Crippen molar-refractivity contribution in [1.82, 2.24) is 15.2 Å². The molecule has 37 heavy (non-hydrogen) atoms. The highest BCUT2D eigenvalue weighted by Crippen LogP contribution is 2.29. The number of rotatable bonds is 11. The molecule has 7 nitrogen and oxygen atoms in total. The summed E-state index contributed by atoms with van der Waals surface area (Å²) in [5.41, 5.74) is 4.28. The number of likely N-dealkylation sites (tertiary alicyclic amines) is 1. The van der Waals surface area contributed by atoms with Gasteiger partial charge in [-0.2, -0.15) is 0 Å². The number of piperidine rings is 1. The summed E-state index contributed by atoms with van der Waals surface area (Å²) in [5, 5.41) is 3.14. The minimum atomic E-state index is 0.0523. The van der Waals surface area contributed by atoms with E-state index in [1.54, 1.807) is 0 Å². The van der Waals surface area contributed by atoms with Gasteiger partial charge in [0, 0.05) is 24.6 Å². The van der Waals surface area contributed by atoms with Gasteiger partial charge in [-0.3, -0.25) is 9.69 Å². The van der Waals surface area contributed by atoms with Crippen LogP contribution in [0.2, 0.25) is 0 Å². The van der Waals surface area contributed by atoms with Crippen LogP contribution in [-0.2, 0) is 17.8 Å². The van der Waals surface area contributed by atoms with Crippen molar-refractivity contribution in [2.75, 3.05) is 32.8 Å². The lowest BCUT2D eigenvalue weighted by atomic mass is 9.95. The number of oxazole rings is 1. The second-order valence-electron chi connectivity index (χ2n) is 9.58. The van der Waals surface area contributed by atoms with Gasteiger partial charge in [-0.05, 0) is 89.4 Å². The van der Waals surface area contributed by atoms with Crippen molar-refractivity contribution in [3.05, 3.63) is 65.0 Å². The van der Waals surface area contributed by atoms with E-state index < -0.39 is 0 Å². The Hall–Kier alpha value is -3.32. The van der Waals surface area contributed by atoms with Gasteiger partial charge in [0.05, 0.1) is 18.9 Å². The van der Waals surface area contributed by atoms with Crippen LogP contribution in [0.5, 0.6) is 11.5 Å². The molecule has 1 saturated heterocycles.